The van der Waals surface area contributed by atoms with E-state index < -0.39 is 10.0 Å². The molecule has 2 N–H and O–H groups in total. The Morgan fingerprint density at radius 3 is 2.95 bits per heavy atom. The molecule has 0 amide bonds. The monoisotopic (exact) mass is 296 g/mol. The summed E-state index contributed by atoms with van der Waals surface area (Å²) in [7, 11) is -3.43. The van der Waals surface area contributed by atoms with Crippen molar-refractivity contribution < 1.29 is 13.2 Å². The largest absolute Gasteiger partial charge is 0.493 e. The number of nitrogens with zero attached hydrogens (tertiary/aromatic N) is 1. The van der Waals surface area contributed by atoms with E-state index >= 15 is 0 Å². The second-order valence-corrected chi connectivity index (χ2v) is 7.51. The highest BCUT2D eigenvalue weighted by Gasteiger charge is 2.33. The third kappa shape index (κ3) is 2.32. The van der Waals surface area contributed by atoms with Gasteiger partial charge in [-0.3, -0.25) is 0 Å². The summed E-state index contributed by atoms with van der Waals surface area (Å²) in [6, 6.07) is 5.20. The van der Waals surface area contributed by atoms with Crippen LogP contribution in [0.4, 0.5) is 0 Å². The molecule has 2 aliphatic heterocycles. The first-order valence-electron chi connectivity index (χ1n) is 7.01. The molecule has 2 aliphatic rings. The molecule has 1 fully saturated rings. The molecule has 6 heteroatoms. The molecule has 1 aromatic rings. The summed E-state index contributed by atoms with van der Waals surface area (Å²) in [5.74, 6) is 0.803. The lowest BCUT2D eigenvalue weighted by Gasteiger charge is -2.35. The van der Waals surface area contributed by atoms with Crippen molar-refractivity contribution in [1.29, 1.82) is 0 Å². The fraction of sp³-hybridized carbons (Fsp3) is 0.571. The number of fused-ring (bicyclic) bond motifs is 1. The Labute approximate surface area is 119 Å². The Morgan fingerprint density at radius 1 is 1.40 bits per heavy atom. The van der Waals surface area contributed by atoms with Crippen molar-refractivity contribution in [2.75, 3.05) is 13.2 Å². The predicted molar refractivity (Wildman–Crippen MR) is 76.2 cm³/mol. The molecule has 0 bridgehead atoms. The summed E-state index contributed by atoms with van der Waals surface area (Å²) in [4.78, 5) is 0.365. The average molecular weight is 296 g/mol. The molecule has 2 heterocycles. The SMILES string of the molecule is CC1CC(N)CCN1S(=O)(=O)c1ccc2c(c1)CCO2. The van der Waals surface area contributed by atoms with Gasteiger partial charge in [-0.2, -0.15) is 4.31 Å². The minimum Gasteiger partial charge on any atom is -0.493 e. The van der Waals surface area contributed by atoms with Crippen molar-refractivity contribution in [3.63, 3.8) is 0 Å². The maximum absolute atomic E-state index is 12.7. The van der Waals surface area contributed by atoms with E-state index in [1.165, 1.54) is 0 Å². The number of hydrogen-bond acceptors (Lipinski definition) is 4. The van der Waals surface area contributed by atoms with E-state index in [4.69, 9.17) is 10.5 Å². The van der Waals surface area contributed by atoms with Gasteiger partial charge in [0.05, 0.1) is 11.5 Å². The van der Waals surface area contributed by atoms with Gasteiger partial charge >= 0.3 is 0 Å². The minimum absolute atomic E-state index is 0.0479. The molecule has 5 nitrogen and oxygen atoms in total. The van der Waals surface area contributed by atoms with Crippen LogP contribution in [0, 0.1) is 0 Å². The first-order chi connectivity index (χ1) is 9.48. The van der Waals surface area contributed by atoms with Gasteiger partial charge < -0.3 is 10.5 Å². The van der Waals surface area contributed by atoms with Gasteiger partial charge in [0.2, 0.25) is 10.0 Å². The molecule has 20 heavy (non-hydrogen) atoms. The Kier molecular flexibility index (Phi) is 3.48. The van der Waals surface area contributed by atoms with Crippen molar-refractivity contribution in [2.24, 2.45) is 5.73 Å². The highest BCUT2D eigenvalue weighted by molar-refractivity contribution is 7.89. The maximum atomic E-state index is 12.7. The second kappa shape index (κ2) is 5.02. The quantitative estimate of drug-likeness (QED) is 0.887. The van der Waals surface area contributed by atoms with Gasteiger partial charge in [-0.15, -0.1) is 0 Å². The number of piperidine rings is 1. The van der Waals surface area contributed by atoms with Gasteiger partial charge in [0.25, 0.3) is 0 Å². The summed E-state index contributed by atoms with van der Waals surface area (Å²) in [6.45, 7) is 3.05. The number of rotatable bonds is 2. The lowest BCUT2D eigenvalue weighted by atomic mass is 10.0. The van der Waals surface area contributed by atoms with Gasteiger partial charge in [0.1, 0.15) is 5.75 Å². The van der Waals surface area contributed by atoms with Crippen LogP contribution < -0.4 is 10.5 Å². The van der Waals surface area contributed by atoms with Crippen molar-refractivity contribution in [3.05, 3.63) is 23.8 Å². The van der Waals surface area contributed by atoms with E-state index in [2.05, 4.69) is 0 Å². The van der Waals surface area contributed by atoms with Crippen LogP contribution in [-0.2, 0) is 16.4 Å². The third-order valence-corrected chi connectivity index (χ3v) is 6.13. The number of benzene rings is 1. The summed E-state index contributed by atoms with van der Waals surface area (Å²) in [6.07, 6.45) is 2.21. The smallest absolute Gasteiger partial charge is 0.243 e. The molecule has 0 aromatic heterocycles. The van der Waals surface area contributed by atoms with Crippen molar-refractivity contribution in [1.82, 2.24) is 4.31 Å². The van der Waals surface area contributed by atoms with Crippen LogP contribution in [0.2, 0.25) is 0 Å². The molecule has 1 aromatic carbocycles. The number of sulfonamides is 1. The molecule has 0 saturated carbocycles. The molecule has 1 saturated heterocycles. The molecule has 0 aliphatic carbocycles. The zero-order valence-corrected chi connectivity index (χ0v) is 12.4. The fourth-order valence-electron chi connectivity index (χ4n) is 3.00. The normalized spacial score (nSPS) is 27.1. The average Bonchev–Trinajstić information content (AvgIpc) is 2.85. The molecule has 2 atom stereocenters. The molecular weight excluding hydrogens is 276 g/mol. The van der Waals surface area contributed by atoms with Crippen molar-refractivity contribution in [3.8, 4) is 5.75 Å². The zero-order valence-electron chi connectivity index (χ0n) is 11.6. The summed E-state index contributed by atoms with van der Waals surface area (Å²) in [5.41, 5.74) is 6.88. The van der Waals surface area contributed by atoms with E-state index in [0.29, 0.717) is 24.5 Å². The van der Waals surface area contributed by atoms with Gasteiger partial charge in [-0.05, 0) is 43.5 Å². The number of nitrogens with two attached hydrogens (primary N) is 1. The maximum Gasteiger partial charge on any atom is 0.243 e. The van der Waals surface area contributed by atoms with Gasteiger partial charge in [0, 0.05) is 25.0 Å². The number of ether oxygens (including phenoxy) is 1. The molecule has 0 radical (unpaired) electrons. The summed E-state index contributed by atoms with van der Waals surface area (Å²) < 4.78 is 32.5. The van der Waals surface area contributed by atoms with E-state index in [0.717, 1.165) is 24.2 Å². The van der Waals surface area contributed by atoms with Crippen LogP contribution in [0.15, 0.2) is 23.1 Å². The van der Waals surface area contributed by atoms with Crippen LogP contribution in [0.5, 0.6) is 5.75 Å². The van der Waals surface area contributed by atoms with E-state index in [1.54, 1.807) is 22.5 Å². The number of hydrogen-bond donors (Lipinski definition) is 1. The molecular formula is C14H20N2O3S. The minimum atomic E-state index is -3.43. The lowest BCUT2D eigenvalue weighted by molar-refractivity contribution is 0.247. The van der Waals surface area contributed by atoms with Crippen LogP contribution >= 0.6 is 0 Å². The Hall–Kier alpha value is -1.11. The fourth-order valence-corrected chi connectivity index (χ4v) is 4.71. The van der Waals surface area contributed by atoms with E-state index in [1.807, 2.05) is 6.92 Å². The zero-order chi connectivity index (χ0) is 14.3. The first-order valence-corrected chi connectivity index (χ1v) is 8.45. The van der Waals surface area contributed by atoms with Crippen LogP contribution in [0.25, 0.3) is 0 Å². The van der Waals surface area contributed by atoms with Crippen molar-refractivity contribution in [2.45, 2.75) is 43.2 Å². The van der Waals surface area contributed by atoms with Gasteiger partial charge in [0.15, 0.2) is 0 Å². The van der Waals surface area contributed by atoms with Crippen molar-refractivity contribution >= 4 is 10.0 Å². The molecule has 3 rings (SSSR count). The third-order valence-electron chi connectivity index (χ3n) is 4.12. The standard InChI is InChI=1S/C14H20N2O3S/c1-10-8-12(15)4-6-16(10)20(17,18)13-2-3-14-11(9-13)5-7-19-14/h2-3,9-10,12H,4-8,15H2,1H3. The topological polar surface area (TPSA) is 72.6 Å². The van der Waals surface area contributed by atoms with Crippen LogP contribution in [-0.4, -0.2) is 38.0 Å². The van der Waals surface area contributed by atoms with E-state index in [9.17, 15) is 8.42 Å². The lowest BCUT2D eigenvalue weighted by Crippen LogP contribution is -2.48. The molecule has 2 unspecified atom stereocenters. The Morgan fingerprint density at radius 2 is 2.20 bits per heavy atom. The van der Waals surface area contributed by atoms with Crippen LogP contribution in [0.3, 0.4) is 0 Å². The summed E-state index contributed by atoms with van der Waals surface area (Å²) >= 11 is 0. The van der Waals surface area contributed by atoms with Gasteiger partial charge in [-0.25, -0.2) is 8.42 Å². The Bertz CT molecular complexity index is 615. The highest BCUT2D eigenvalue weighted by Crippen LogP contribution is 2.30. The van der Waals surface area contributed by atoms with Crippen LogP contribution in [0.1, 0.15) is 25.3 Å². The first kappa shape index (κ1) is 13.9. The van der Waals surface area contributed by atoms with Gasteiger partial charge in [-0.1, -0.05) is 0 Å². The van der Waals surface area contributed by atoms with E-state index in [-0.39, 0.29) is 12.1 Å². The second-order valence-electron chi connectivity index (χ2n) is 5.62. The Balaban J connectivity index is 1.92. The molecule has 0 spiro atoms. The predicted octanol–water partition coefficient (Wildman–Crippen LogP) is 1.12. The molecule has 110 valence electrons. The highest BCUT2D eigenvalue weighted by atomic mass is 32.2. The summed E-state index contributed by atoms with van der Waals surface area (Å²) in [5, 5.41) is 0.